The normalized spacial score (nSPS) is 10.1. The molecule has 0 aromatic carbocycles. The van der Waals surface area contributed by atoms with Gasteiger partial charge in [0.2, 0.25) is 0 Å². The number of H-pyrrole nitrogens is 1. The van der Waals surface area contributed by atoms with Gasteiger partial charge in [-0.1, -0.05) is 0 Å². The summed E-state index contributed by atoms with van der Waals surface area (Å²) in [4.78, 5) is 25.2. The highest BCUT2D eigenvalue weighted by molar-refractivity contribution is 7.17. The van der Waals surface area contributed by atoms with E-state index in [-0.39, 0.29) is 5.69 Å². The molecule has 0 unspecified atom stereocenters. The van der Waals surface area contributed by atoms with Gasteiger partial charge in [-0.2, -0.15) is 0 Å². The molecule has 0 saturated heterocycles. The van der Waals surface area contributed by atoms with Gasteiger partial charge in [-0.3, -0.25) is 4.79 Å². The molecule has 0 aliphatic carbocycles. The van der Waals surface area contributed by atoms with Crippen LogP contribution in [0.5, 0.6) is 0 Å². The molecule has 0 atom stereocenters. The second-order valence-corrected chi connectivity index (χ2v) is 4.04. The van der Waals surface area contributed by atoms with E-state index < -0.39 is 5.97 Å². The minimum atomic E-state index is -0.992. The van der Waals surface area contributed by atoms with Crippen LogP contribution in [-0.4, -0.2) is 22.3 Å². The molecule has 0 aliphatic rings. The van der Waals surface area contributed by atoms with Crippen molar-refractivity contribution in [3.05, 3.63) is 35.0 Å². The van der Waals surface area contributed by atoms with Crippen molar-refractivity contribution in [3.63, 3.8) is 0 Å². The van der Waals surface area contributed by atoms with Gasteiger partial charge in [0.05, 0.1) is 4.88 Å². The number of aldehydes is 1. The molecule has 2 aromatic rings. The van der Waals surface area contributed by atoms with Crippen LogP contribution in [0.15, 0.2) is 24.4 Å². The lowest BCUT2D eigenvalue weighted by molar-refractivity contribution is 0.0691. The molecule has 2 N–H and O–H groups in total. The largest absolute Gasteiger partial charge is 0.477 e. The maximum Gasteiger partial charge on any atom is 0.352 e. The van der Waals surface area contributed by atoms with Crippen molar-refractivity contribution < 1.29 is 14.7 Å². The van der Waals surface area contributed by atoms with E-state index >= 15 is 0 Å². The third-order valence-electron chi connectivity index (χ3n) is 1.94. The fourth-order valence-electron chi connectivity index (χ4n) is 1.23. The Labute approximate surface area is 89.2 Å². The zero-order chi connectivity index (χ0) is 10.8. The number of rotatable bonds is 3. The maximum absolute atomic E-state index is 10.6. The Hall–Kier alpha value is -1.88. The first-order valence-electron chi connectivity index (χ1n) is 4.18. The lowest BCUT2D eigenvalue weighted by atomic mass is 10.2. The van der Waals surface area contributed by atoms with Gasteiger partial charge in [-0.05, 0) is 18.2 Å². The fraction of sp³-hybridized carbons (Fsp3) is 0. The van der Waals surface area contributed by atoms with Crippen LogP contribution in [0.4, 0.5) is 0 Å². The summed E-state index contributed by atoms with van der Waals surface area (Å²) in [5.74, 6) is -0.992. The first kappa shape index (κ1) is 9.67. The highest BCUT2D eigenvalue weighted by Crippen LogP contribution is 2.27. The number of nitrogens with one attached hydrogen (secondary N) is 1. The Morgan fingerprint density at radius 1 is 1.47 bits per heavy atom. The fourth-order valence-corrected chi connectivity index (χ4v) is 2.04. The van der Waals surface area contributed by atoms with Gasteiger partial charge in [0, 0.05) is 16.6 Å². The van der Waals surface area contributed by atoms with Crippen molar-refractivity contribution in [2.45, 2.75) is 0 Å². The smallest absolute Gasteiger partial charge is 0.352 e. The molecule has 0 amide bonds. The number of hydrogen-bond acceptors (Lipinski definition) is 3. The van der Waals surface area contributed by atoms with Crippen LogP contribution in [0.2, 0.25) is 0 Å². The number of aromatic nitrogens is 1. The second kappa shape index (κ2) is 3.70. The molecule has 2 rings (SSSR count). The van der Waals surface area contributed by atoms with Gasteiger partial charge in [0.25, 0.3) is 0 Å². The molecule has 2 aromatic heterocycles. The lowest BCUT2D eigenvalue weighted by Crippen LogP contribution is -1.94. The highest BCUT2D eigenvalue weighted by Gasteiger charge is 2.08. The average Bonchev–Trinajstić information content (AvgIpc) is 2.86. The van der Waals surface area contributed by atoms with Crippen molar-refractivity contribution in [3.8, 4) is 10.4 Å². The molecule has 2 heterocycles. The van der Waals surface area contributed by atoms with Gasteiger partial charge < -0.3 is 10.1 Å². The van der Waals surface area contributed by atoms with Crippen molar-refractivity contribution in [2.24, 2.45) is 0 Å². The highest BCUT2D eigenvalue weighted by atomic mass is 32.1. The molecule has 0 bridgehead atoms. The lowest BCUT2D eigenvalue weighted by Gasteiger charge is -1.87. The van der Waals surface area contributed by atoms with Crippen LogP contribution >= 0.6 is 11.3 Å². The van der Waals surface area contributed by atoms with Crippen molar-refractivity contribution in [1.29, 1.82) is 0 Å². The van der Waals surface area contributed by atoms with Gasteiger partial charge in [-0.25, -0.2) is 4.79 Å². The summed E-state index contributed by atoms with van der Waals surface area (Å²) in [6, 6.07) is 5.05. The van der Waals surface area contributed by atoms with Crippen LogP contribution in [0, 0.1) is 0 Å². The molecule has 4 nitrogen and oxygen atoms in total. The number of carbonyl (C=O) groups excluding carboxylic acids is 1. The summed E-state index contributed by atoms with van der Waals surface area (Å²) in [6.07, 6.45) is 2.39. The molecule has 0 saturated carbocycles. The summed E-state index contributed by atoms with van der Waals surface area (Å²) >= 11 is 1.33. The molecular formula is C10H7NO3S. The third-order valence-corrected chi connectivity index (χ3v) is 3.00. The Balaban J connectivity index is 2.36. The molecule has 0 fully saturated rings. The topological polar surface area (TPSA) is 70.2 Å². The third kappa shape index (κ3) is 1.82. The Morgan fingerprint density at radius 3 is 2.80 bits per heavy atom. The van der Waals surface area contributed by atoms with Crippen LogP contribution in [-0.2, 0) is 0 Å². The first-order valence-corrected chi connectivity index (χ1v) is 4.99. The summed E-state index contributed by atoms with van der Waals surface area (Å²) in [6.45, 7) is 0. The number of aromatic carboxylic acids is 1. The molecule has 76 valence electrons. The minimum Gasteiger partial charge on any atom is -0.477 e. The van der Waals surface area contributed by atoms with Crippen molar-refractivity contribution >= 4 is 23.6 Å². The molecule has 5 heteroatoms. The van der Waals surface area contributed by atoms with E-state index in [9.17, 15) is 9.59 Å². The Kier molecular flexibility index (Phi) is 2.39. The Morgan fingerprint density at radius 2 is 2.27 bits per heavy atom. The number of carboxylic acids is 1. The molecule has 0 aliphatic heterocycles. The van der Waals surface area contributed by atoms with Crippen LogP contribution in [0.3, 0.4) is 0 Å². The standard InChI is InChI=1S/C10H7NO3S/c12-5-7-1-2-9(15-7)6-3-8(10(13)14)11-4-6/h1-5,11H,(H,13,14). The van der Waals surface area contributed by atoms with E-state index in [1.807, 2.05) is 0 Å². The second-order valence-electron chi connectivity index (χ2n) is 2.93. The number of aromatic amines is 1. The van der Waals surface area contributed by atoms with Gasteiger partial charge in [0.1, 0.15) is 5.69 Å². The number of hydrogen-bond donors (Lipinski definition) is 2. The molecule has 0 radical (unpaired) electrons. The molecule has 0 spiro atoms. The predicted octanol–water partition coefficient (Wildman–Crippen LogP) is 2.25. The van der Waals surface area contributed by atoms with Crippen molar-refractivity contribution in [1.82, 2.24) is 4.98 Å². The summed E-state index contributed by atoms with van der Waals surface area (Å²) < 4.78 is 0. The van der Waals surface area contributed by atoms with E-state index in [2.05, 4.69) is 4.98 Å². The van der Waals surface area contributed by atoms with Gasteiger partial charge in [-0.15, -0.1) is 11.3 Å². The van der Waals surface area contributed by atoms with Gasteiger partial charge in [0.15, 0.2) is 6.29 Å². The van der Waals surface area contributed by atoms with Crippen molar-refractivity contribution in [2.75, 3.05) is 0 Å². The quantitative estimate of drug-likeness (QED) is 0.781. The first-order chi connectivity index (χ1) is 7.20. The SMILES string of the molecule is O=Cc1ccc(-c2c[nH]c(C(=O)O)c2)s1. The number of thiophene rings is 1. The van der Waals surface area contributed by atoms with E-state index in [4.69, 9.17) is 5.11 Å². The van der Waals surface area contributed by atoms with Gasteiger partial charge >= 0.3 is 5.97 Å². The molecule has 15 heavy (non-hydrogen) atoms. The number of carbonyl (C=O) groups is 2. The van der Waals surface area contributed by atoms with Crippen LogP contribution in [0.25, 0.3) is 10.4 Å². The summed E-state index contributed by atoms with van der Waals surface area (Å²) in [7, 11) is 0. The Bertz CT molecular complexity index is 512. The monoisotopic (exact) mass is 221 g/mol. The predicted molar refractivity (Wildman–Crippen MR) is 56.5 cm³/mol. The number of carboxylic acid groups (broad SMARTS) is 1. The minimum absolute atomic E-state index is 0.144. The zero-order valence-electron chi connectivity index (χ0n) is 7.56. The average molecular weight is 221 g/mol. The van der Waals surface area contributed by atoms with E-state index in [1.54, 1.807) is 24.4 Å². The summed E-state index contributed by atoms with van der Waals surface area (Å²) in [5, 5.41) is 8.71. The van der Waals surface area contributed by atoms with E-state index in [0.717, 1.165) is 16.7 Å². The summed E-state index contributed by atoms with van der Waals surface area (Å²) in [5.41, 5.74) is 0.927. The zero-order valence-corrected chi connectivity index (χ0v) is 8.38. The van der Waals surface area contributed by atoms with Crippen LogP contribution in [0.1, 0.15) is 20.2 Å². The molecular weight excluding hydrogens is 214 g/mol. The van der Waals surface area contributed by atoms with E-state index in [0.29, 0.717) is 4.88 Å². The van der Waals surface area contributed by atoms with Crippen LogP contribution < -0.4 is 0 Å². The van der Waals surface area contributed by atoms with E-state index in [1.165, 1.54) is 11.3 Å². The maximum atomic E-state index is 10.6.